The molecule has 4 saturated heterocycles. The number of piperidine rings is 4. The molecule has 0 saturated carbocycles. The molecule has 4 aromatic carbocycles. The number of pyridine rings is 4. The Morgan fingerprint density at radius 1 is 0.500 bits per heavy atom. The van der Waals surface area contributed by atoms with E-state index in [1.165, 1.54) is 28.3 Å². The number of esters is 4. The minimum absolute atomic E-state index is 0. The number of carboxylic acid groups (broad SMARTS) is 1. The summed E-state index contributed by atoms with van der Waals surface area (Å²) in [4.78, 5) is 133. The fraction of sp³-hybridized carbons (Fsp3) is 0.409. The van der Waals surface area contributed by atoms with Crippen LogP contribution in [-0.4, -0.2) is 209 Å². The van der Waals surface area contributed by atoms with Crippen molar-refractivity contribution in [2.24, 2.45) is 5.73 Å². The number of carboxylic acids is 1. The number of nitrogens with two attached hydrogens (primary N) is 1. The number of tetrazole rings is 2. The van der Waals surface area contributed by atoms with Crippen molar-refractivity contribution in [1.82, 2.24) is 80.4 Å². The molecule has 10 aromatic rings. The molecule has 0 radical (unpaired) electrons. The number of amides is 3. The molecule has 8 aliphatic heterocycles. The predicted octanol–water partition coefficient (Wildman–Crippen LogP) is 5.89. The van der Waals surface area contributed by atoms with E-state index in [9.17, 15) is 38.4 Å². The zero-order chi connectivity index (χ0) is 94.8. The van der Waals surface area contributed by atoms with Crippen LogP contribution in [0.4, 0.5) is 27.0 Å². The third kappa shape index (κ3) is 26.9. The van der Waals surface area contributed by atoms with Crippen LogP contribution in [0.25, 0.3) is 11.4 Å². The van der Waals surface area contributed by atoms with Crippen LogP contribution in [0.2, 0.25) is 5.15 Å². The standard InChI is InChI=1S/C23H25N7O3.C23H27N3O4.C15H21N3O2.C14H20N2O2.C9H8ClNO2.C8H6N4O2.CH2O3.2Cs.H/c1-14-8-9-15(27-20-19-17(10-11-24-20)23(2,3)33-22(19)32)12-29(14)21(31)16-6-4-5-7-18(16)30-26-13-25-28-30;1-15-9-10-17(13-26(15)22(28)29-14-16-7-5-4-6-8-16)25-20-19-18(11-12-24-20)23(2,3)30-21(19)27;1-9-4-5-10(8-17-9)18-13-12-11(6-7-16-13)15(2,3)20-14(12)19;1-11-7-8-13(15)9-16(11)14(17)18-10-12-5-3-2-4-6-12;1-9(2)5-3-4-11-7(10)6(5)8(12)13-9;13-8(14)6-3-1-2-4-7(6)12-10-5-9-11-12;2-1-4-3;;;/h4-7,10-11,13-15H,8-9,12H2,1-3H3,(H,24,27);4-8,11-12,15,17H,9-10,13-14H2,1-3H3,(H,24,25);6-7,9-10,17H,4-5,8H2,1-3H3,(H,16,18);2-6,11,13H,7-10,15H2,1H3;3-4H,1-2H3;1-5H,(H,13,14);1,3H;;;/q;;;;;;;2*+1;-1/p-1/t14-,15-;15-,17-;9-,10-;11-,13-;;;;;;/m1111....../s1. The van der Waals surface area contributed by atoms with Gasteiger partial charge in [0.05, 0.1) is 11.1 Å². The number of aromatic carboxylic acids is 1. The maximum absolute atomic E-state index is 13.6. The molecule has 7 N–H and O–H groups in total. The van der Waals surface area contributed by atoms with Gasteiger partial charge in [0.25, 0.3) is 12.4 Å². The van der Waals surface area contributed by atoms with Crippen molar-refractivity contribution < 1.29 is 226 Å². The molecule has 8 aliphatic rings. The summed E-state index contributed by atoms with van der Waals surface area (Å²) in [6.07, 6.45) is 16.2. The zero-order valence-corrected chi connectivity index (χ0v) is 90.6. The number of rotatable bonds is 15. The number of fused-ring (bicyclic) bond motifs is 4. The van der Waals surface area contributed by atoms with Gasteiger partial charge in [0.15, 0.2) is 12.7 Å². The van der Waals surface area contributed by atoms with Crippen molar-refractivity contribution >= 4 is 83.5 Å². The first-order valence-corrected chi connectivity index (χ1v) is 43.7. The number of ether oxygens (including phenoxy) is 6. The zero-order valence-electron chi connectivity index (χ0n) is 78.3. The Morgan fingerprint density at radius 3 is 1.26 bits per heavy atom. The van der Waals surface area contributed by atoms with E-state index in [1.54, 1.807) is 71.0 Å². The molecule has 18 rings (SSSR count). The molecule has 6 aromatic heterocycles. The first-order chi connectivity index (χ1) is 63.1. The van der Waals surface area contributed by atoms with Crippen LogP contribution in [-0.2, 0) is 73.7 Å². The molecular formula is C93H109ClCs2N20O18. The second-order valence-corrected chi connectivity index (χ2v) is 35.0. The number of carbonyl (C=O) groups is 9. The van der Waals surface area contributed by atoms with Gasteiger partial charge in [0, 0.05) is 122 Å². The number of nitrogens with one attached hydrogen (secondary N) is 4. The fourth-order valence-electron chi connectivity index (χ4n) is 16.4. The number of hydrogen-bond donors (Lipinski definition) is 6. The van der Waals surface area contributed by atoms with E-state index >= 15 is 0 Å². The van der Waals surface area contributed by atoms with Crippen molar-refractivity contribution in [2.45, 2.75) is 218 Å². The number of carbonyl (C=O) groups excluding carboxylic acids is 8. The molecule has 698 valence electrons. The van der Waals surface area contributed by atoms with Gasteiger partial charge in [-0.1, -0.05) is 96.5 Å². The number of anilines is 3. The maximum atomic E-state index is 13.6. The van der Waals surface area contributed by atoms with E-state index in [0.717, 1.165) is 91.3 Å². The van der Waals surface area contributed by atoms with Crippen LogP contribution >= 0.6 is 11.6 Å². The van der Waals surface area contributed by atoms with E-state index in [-0.39, 0.29) is 235 Å². The summed E-state index contributed by atoms with van der Waals surface area (Å²) in [5.74, 6) is -0.866. The molecule has 0 bridgehead atoms. The summed E-state index contributed by atoms with van der Waals surface area (Å²) >= 11 is 5.78. The Balaban J connectivity index is 0.000000185. The monoisotopic (exact) mass is 2090 g/mol. The minimum atomic E-state index is -1.02. The number of benzene rings is 4. The van der Waals surface area contributed by atoms with Crippen LogP contribution in [0.1, 0.15) is 231 Å². The van der Waals surface area contributed by atoms with Crippen LogP contribution in [0.5, 0.6) is 0 Å². The van der Waals surface area contributed by atoms with Gasteiger partial charge in [-0.15, -0.1) is 30.0 Å². The molecule has 41 heteroatoms. The normalized spacial score (nSPS) is 20.6. The Morgan fingerprint density at radius 2 is 0.858 bits per heavy atom. The number of aromatic nitrogens is 12. The molecule has 3 amide bonds. The number of hydrogen-bond acceptors (Lipinski definition) is 32. The Kier molecular flexibility index (Phi) is 38.2. The Bertz CT molecular complexity index is 5740. The second kappa shape index (κ2) is 48.2. The summed E-state index contributed by atoms with van der Waals surface area (Å²) in [7, 11) is 0. The van der Waals surface area contributed by atoms with Crippen molar-refractivity contribution in [3.05, 3.63) is 243 Å². The van der Waals surface area contributed by atoms with E-state index in [4.69, 9.17) is 60.9 Å². The molecule has 134 heavy (non-hydrogen) atoms. The van der Waals surface area contributed by atoms with Gasteiger partial charge in [-0.05, 0) is 205 Å². The Labute approximate surface area is 899 Å². The largest absolute Gasteiger partial charge is 1.00 e. The average molecular weight is 2100 g/mol. The summed E-state index contributed by atoms with van der Waals surface area (Å²) in [6, 6.07) is 41.5. The van der Waals surface area contributed by atoms with E-state index in [1.807, 2.05) is 172 Å². The van der Waals surface area contributed by atoms with Gasteiger partial charge in [0.2, 0.25) is 0 Å². The average Bonchev–Trinajstić information content (AvgIpc) is 1.63. The number of para-hydroxylation sites is 2. The van der Waals surface area contributed by atoms with Crippen LogP contribution in [0.3, 0.4) is 0 Å². The van der Waals surface area contributed by atoms with Crippen molar-refractivity contribution in [3.8, 4) is 11.4 Å². The molecule has 4 fully saturated rings. The molecule has 0 aliphatic carbocycles. The van der Waals surface area contributed by atoms with Crippen LogP contribution in [0.15, 0.2) is 171 Å². The quantitative estimate of drug-likeness (QED) is 0.0174. The third-order valence-corrected chi connectivity index (χ3v) is 23.8. The van der Waals surface area contributed by atoms with Crippen molar-refractivity contribution in [2.75, 3.05) is 42.1 Å². The number of likely N-dealkylation sites (tertiary alicyclic amines) is 3. The number of cyclic esters (lactones) is 4. The summed E-state index contributed by atoms with van der Waals surface area (Å²) < 4.78 is 32.4. The molecular weight excluding hydrogens is 1990 g/mol. The molecule has 8 atom stereocenters. The summed E-state index contributed by atoms with van der Waals surface area (Å²) in [5, 5.41) is 53.8. The van der Waals surface area contributed by atoms with Gasteiger partial charge in [-0.3, -0.25) is 9.59 Å². The van der Waals surface area contributed by atoms with E-state index < -0.39 is 34.3 Å². The van der Waals surface area contributed by atoms with Crippen LogP contribution < -0.4 is 170 Å². The van der Waals surface area contributed by atoms with Gasteiger partial charge in [0.1, 0.15) is 91.9 Å². The van der Waals surface area contributed by atoms with Gasteiger partial charge in [-0.2, -0.15) is 0 Å². The van der Waals surface area contributed by atoms with E-state index in [2.05, 4.69) is 83.8 Å². The number of nitrogens with zero attached hydrogens (tertiary/aromatic N) is 15. The SMILES string of the molecule is CC1(C)OC(=O)c2c1ccnc2Cl.C[C@@H]1CC[C@@H](N)CN1C(=O)OCc1ccccc1.C[C@@H]1CC[C@@H](Nc2nccc3c2C(=O)OC3(C)C)CN1.C[C@@H]1CC[C@@H](Nc2nccc3c2C(=O)OC3(C)C)CN1C(=O)OCc1ccccc1.C[C@@H]1CC[C@@H](Nc2nccc3c2C(=O)OC3(C)C)CN1C(=O)c1ccccc1-n1ncnn1.O=C(O)c1ccccc1-n1ncnn1.O=CO[O-].[Cs+].[Cs+].[H-]. The Hall–Kier alpha value is -9.88. The number of halogens is 1. The molecule has 38 nitrogen and oxygen atoms in total. The van der Waals surface area contributed by atoms with Crippen LogP contribution in [0, 0.1) is 0 Å². The second-order valence-electron chi connectivity index (χ2n) is 34.6. The smallest absolute Gasteiger partial charge is 1.00 e. The predicted molar refractivity (Wildman–Crippen MR) is 480 cm³/mol. The van der Waals surface area contributed by atoms with Gasteiger partial charge < -0.3 is 86.8 Å². The first-order valence-electron chi connectivity index (χ1n) is 43.3. The fourth-order valence-corrected chi connectivity index (χ4v) is 16.6. The third-order valence-electron chi connectivity index (χ3n) is 23.5. The van der Waals surface area contributed by atoms with Crippen molar-refractivity contribution in [1.29, 1.82) is 0 Å². The van der Waals surface area contributed by atoms with E-state index in [0.29, 0.717) is 95.0 Å². The van der Waals surface area contributed by atoms with Gasteiger partial charge in [-0.25, -0.2) is 53.5 Å². The van der Waals surface area contributed by atoms with Crippen molar-refractivity contribution in [3.63, 3.8) is 0 Å². The molecule has 14 heterocycles. The summed E-state index contributed by atoms with van der Waals surface area (Å²) in [6.45, 7) is 26.1. The maximum Gasteiger partial charge on any atom is 1.00 e. The summed E-state index contributed by atoms with van der Waals surface area (Å²) in [5.41, 5.74) is 12.3. The molecule has 0 spiro atoms. The molecule has 0 unspecified atom stereocenters. The van der Waals surface area contributed by atoms with Gasteiger partial charge >= 0.3 is 180 Å². The topological polar surface area (TPSA) is 484 Å². The minimum Gasteiger partial charge on any atom is -1.00 e. The first kappa shape index (κ1) is 106.